The van der Waals surface area contributed by atoms with Gasteiger partial charge in [-0.15, -0.1) is 0 Å². The third kappa shape index (κ3) is 2.89. The third-order valence-electron chi connectivity index (χ3n) is 3.98. The van der Waals surface area contributed by atoms with Crippen LogP contribution in [0.3, 0.4) is 0 Å². The number of hydrogen-bond donors (Lipinski definition) is 1. The lowest BCUT2D eigenvalue weighted by Gasteiger charge is -2.16. The molecule has 0 aromatic heterocycles. The number of hydrogen-bond acceptors (Lipinski definition) is 2. The first-order valence-electron chi connectivity index (χ1n) is 6.96. The van der Waals surface area contributed by atoms with Crippen molar-refractivity contribution in [2.45, 2.75) is 18.9 Å². The SMILES string of the molecule is NC1c2ccccc2CC1CCOc1ccc(Br)cc1. The smallest absolute Gasteiger partial charge is 0.119 e. The van der Waals surface area contributed by atoms with Gasteiger partial charge in [0.05, 0.1) is 6.61 Å². The first-order chi connectivity index (χ1) is 9.74. The minimum atomic E-state index is 0.153. The number of benzene rings is 2. The molecule has 2 nitrogen and oxygen atoms in total. The van der Waals surface area contributed by atoms with Gasteiger partial charge < -0.3 is 10.5 Å². The molecule has 0 fully saturated rings. The molecule has 3 heteroatoms. The van der Waals surface area contributed by atoms with Gasteiger partial charge in [-0.1, -0.05) is 40.2 Å². The molecule has 2 atom stereocenters. The highest BCUT2D eigenvalue weighted by molar-refractivity contribution is 9.10. The fraction of sp³-hybridized carbons (Fsp3) is 0.294. The Morgan fingerprint density at radius 2 is 1.85 bits per heavy atom. The Morgan fingerprint density at radius 1 is 1.10 bits per heavy atom. The summed E-state index contributed by atoms with van der Waals surface area (Å²) < 4.78 is 6.86. The van der Waals surface area contributed by atoms with Crippen molar-refractivity contribution >= 4 is 15.9 Å². The van der Waals surface area contributed by atoms with E-state index in [4.69, 9.17) is 10.5 Å². The average Bonchev–Trinajstić information content (AvgIpc) is 2.78. The van der Waals surface area contributed by atoms with E-state index in [2.05, 4.69) is 40.2 Å². The minimum absolute atomic E-state index is 0.153. The molecule has 0 heterocycles. The van der Waals surface area contributed by atoms with Gasteiger partial charge in [0, 0.05) is 10.5 Å². The molecular formula is C17H18BrNO. The molecule has 104 valence electrons. The summed E-state index contributed by atoms with van der Waals surface area (Å²) in [5, 5.41) is 0. The zero-order valence-corrected chi connectivity index (χ0v) is 12.8. The molecule has 0 spiro atoms. The molecule has 0 saturated carbocycles. The molecule has 3 rings (SSSR count). The summed E-state index contributed by atoms with van der Waals surface area (Å²) in [4.78, 5) is 0. The maximum absolute atomic E-state index is 6.33. The van der Waals surface area contributed by atoms with E-state index in [1.807, 2.05) is 24.3 Å². The molecule has 0 amide bonds. The molecule has 1 aliphatic rings. The van der Waals surface area contributed by atoms with Crippen LogP contribution in [0.4, 0.5) is 0 Å². The van der Waals surface area contributed by atoms with Crippen molar-refractivity contribution in [3.8, 4) is 5.75 Å². The molecule has 2 unspecified atom stereocenters. The molecule has 2 aromatic rings. The number of fused-ring (bicyclic) bond motifs is 1. The predicted octanol–water partition coefficient (Wildman–Crippen LogP) is 4.09. The van der Waals surface area contributed by atoms with Crippen LogP contribution in [0.25, 0.3) is 0 Å². The van der Waals surface area contributed by atoms with E-state index in [1.165, 1.54) is 11.1 Å². The lowest BCUT2D eigenvalue weighted by molar-refractivity contribution is 0.268. The van der Waals surface area contributed by atoms with Gasteiger partial charge in [-0.25, -0.2) is 0 Å². The lowest BCUT2D eigenvalue weighted by Crippen LogP contribution is -2.19. The van der Waals surface area contributed by atoms with Crippen LogP contribution in [0.2, 0.25) is 0 Å². The van der Waals surface area contributed by atoms with Crippen LogP contribution in [-0.4, -0.2) is 6.61 Å². The van der Waals surface area contributed by atoms with Crippen LogP contribution in [0.1, 0.15) is 23.6 Å². The number of halogens is 1. The van der Waals surface area contributed by atoms with Crippen molar-refractivity contribution in [3.05, 3.63) is 64.1 Å². The van der Waals surface area contributed by atoms with Gasteiger partial charge in [0.1, 0.15) is 5.75 Å². The van der Waals surface area contributed by atoms with E-state index in [0.29, 0.717) is 12.5 Å². The highest BCUT2D eigenvalue weighted by Crippen LogP contribution is 2.36. The van der Waals surface area contributed by atoms with E-state index in [9.17, 15) is 0 Å². The van der Waals surface area contributed by atoms with Crippen molar-refractivity contribution in [2.24, 2.45) is 11.7 Å². The number of nitrogens with two attached hydrogens (primary N) is 1. The zero-order chi connectivity index (χ0) is 13.9. The second-order valence-corrected chi connectivity index (χ2v) is 6.20. The molecule has 0 aliphatic heterocycles. The largest absolute Gasteiger partial charge is 0.494 e. The monoisotopic (exact) mass is 331 g/mol. The summed E-state index contributed by atoms with van der Waals surface area (Å²) in [6.45, 7) is 0.716. The summed E-state index contributed by atoms with van der Waals surface area (Å²) in [5.74, 6) is 1.40. The Balaban J connectivity index is 1.54. The van der Waals surface area contributed by atoms with Crippen LogP contribution in [0.15, 0.2) is 53.0 Å². The molecular weight excluding hydrogens is 314 g/mol. The van der Waals surface area contributed by atoms with Crippen LogP contribution < -0.4 is 10.5 Å². The second kappa shape index (κ2) is 5.98. The average molecular weight is 332 g/mol. The van der Waals surface area contributed by atoms with Crippen molar-refractivity contribution in [1.29, 1.82) is 0 Å². The summed E-state index contributed by atoms with van der Waals surface area (Å²) in [6.07, 6.45) is 2.06. The van der Waals surface area contributed by atoms with Crippen molar-refractivity contribution in [3.63, 3.8) is 0 Å². The summed E-state index contributed by atoms with van der Waals surface area (Å²) >= 11 is 3.42. The van der Waals surface area contributed by atoms with E-state index in [1.54, 1.807) is 0 Å². The Hall–Kier alpha value is -1.32. The first kappa shape index (κ1) is 13.7. The van der Waals surface area contributed by atoms with Crippen molar-refractivity contribution < 1.29 is 4.74 Å². The fourth-order valence-electron chi connectivity index (χ4n) is 2.85. The molecule has 0 radical (unpaired) electrons. The van der Waals surface area contributed by atoms with Crippen LogP contribution >= 0.6 is 15.9 Å². The van der Waals surface area contributed by atoms with E-state index in [-0.39, 0.29) is 6.04 Å². The van der Waals surface area contributed by atoms with Crippen molar-refractivity contribution in [2.75, 3.05) is 6.61 Å². The van der Waals surface area contributed by atoms with Crippen molar-refractivity contribution in [1.82, 2.24) is 0 Å². The fourth-order valence-corrected chi connectivity index (χ4v) is 3.11. The molecule has 2 aromatic carbocycles. The quantitative estimate of drug-likeness (QED) is 0.915. The van der Waals surface area contributed by atoms with Crippen LogP contribution in [-0.2, 0) is 6.42 Å². The van der Waals surface area contributed by atoms with Gasteiger partial charge >= 0.3 is 0 Å². The summed E-state index contributed by atoms with van der Waals surface area (Å²) in [7, 11) is 0. The van der Waals surface area contributed by atoms with Gasteiger partial charge in [0.25, 0.3) is 0 Å². The zero-order valence-electron chi connectivity index (χ0n) is 11.3. The molecule has 0 saturated heterocycles. The van der Waals surface area contributed by atoms with Gasteiger partial charge in [0.2, 0.25) is 0 Å². The minimum Gasteiger partial charge on any atom is -0.494 e. The molecule has 0 bridgehead atoms. The Labute approximate surface area is 128 Å². The summed E-state index contributed by atoms with van der Waals surface area (Å²) in [6, 6.07) is 16.6. The second-order valence-electron chi connectivity index (χ2n) is 5.28. The normalized spacial score (nSPS) is 20.7. The third-order valence-corrected chi connectivity index (χ3v) is 4.50. The molecule has 1 aliphatic carbocycles. The lowest BCUT2D eigenvalue weighted by atomic mass is 9.98. The highest BCUT2D eigenvalue weighted by atomic mass is 79.9. The van der Waals surface area contributed by atoms with Gasteiger partial charge in [-0.05, 0) is 54.2 Å². The summed E-state index contributed by atoms with van der Waals surface area (Å²) in [5.41, 5.74) is 9.03. The first-order valence-corrected chi connectivity index (χ1v) is 7.75. The standard InChI is InChI=1S/C17H18BrNO/c18-14-5-7-15(8-6-14)20-10-9-13-11-12-3-1-2-4-16(12)17(13)19/h1-8,13,17H,9-11,19H2. The van der Waals surface area contributed by atoms with Crippen LogP contribution in [0.5, 0.6) is 5.75 Å². The van der Waals surface area contributed by atoms with Gasteiger partial charge in [-0.3, -0.25) is 0 Å². The van der Waals surface area contributed by atoms with Gasteiger partial charge in [0.15, 0.2) is 0 Å². The van der Waals surface area contributed by atoms with E-state index >= 15 is 0 Å². The van der Waals surface area contributed by atoms with E-state index < -0.39 is 0 Å². The molecule has 20 heavy (non-hydrogen) atoms. The highest BCUT2D eigenvalue weighted by Gasteiger charge is 2.28. The topological polar surface area (TPSA) is 35.2 Å². The molecule has 2 N–H and O–H groups in total. The maximum Gasteiger partial charge on any atom is 0.119 e. The number of ether oxygens (including phenoxy) is 1. The number of rotatable bonds is 4. The van der Waals surface area contributed by atoms with Gasteiger partial charge in [-0.2, -0.15) is 0 Å². The van der Waals surface area contributed by atoms with Crippen LogP contribution in [0, 0.1) is 5.92 Å². The van der Waals surface area contributed by atoms with E-state index in [0.717, 1.165) is 23.1 Å². The maximum atomic E-state index is 6.33. The Bertz CT molecular complexity index is 582. The Morgan fingerprint density at radius 3 is 2.60 bits per heavy atom. The predicted molar refractivity (Wildman–Crippen MR) is 84.8 cm³/mol. The Kier molecular flexibility index (Phi) is 4.08.